The summed E-state index contributed by atoms with van der Waals surface area (Å²) in [6, 6.07) is 15.6. The van der Waals surface area contributed by atoms with Gasteiger partial charge in [-0.3, -0.25) is 0 Å². The number of halogens is 1. The molecule has 0 aliphatic carbocycles. The van der Waals surface area contributed by atoms with Gasteiger partial charge in [0, 0.05) is 3.57 Å². The third-order valence-electron chi connectivity index (χ3n) is 3.57. The van der Waals surface area contributed by atoms with E-state index in [1.54, 1.807) is 0 Å². The third kappa shape index (κ3) is 2.68. The number of ether oxygens (including phenoxy) is 1. The van der Waals surface area contributed by atoms with Crippen LogP contribution in [-0.4, -0.2) is 7.05 Å². The normalized spacial score (nSPS) is 15.3. The predicted octanol–water partition coefficient (Wildman–Crippen LogP) is 3.63. The summed E-state index contributed by atoms with van der Waals surface area (Å²) in [5, 5.41) is 3.40. The van der Waals surface area contributed by atoms with E-state index in [0.29, 0.717) is 0 Å². The van der Waals surface area contributed by atoms with Crippen molar-refractivity contribution in [3.05, 3.63) is 68.3 Å². The molecule has 3 rings (SSSR count). The van der Waals surface area contributed by atoms with Crippen LogP contribution in [0.25, 0.3) is 0 Å². The maximum Gasteiger partial charge on any atom is 0.0725 e. The van der Waals surface area contributed by atoms with Crippen molar-refractivity contribution in [2.24, 2.45) is 0 Å². The Morgan fingerprint density at radius 2 is 1.68 bits per heavy atom. The van der Waals surface area contributed by atoms with Crippen molar-refractivity contribution in [3.63, 3.8) is 0 Å². The second-order valence-corrected chi connectivity index (χ2v) is 6.04. The second kappa shape index (κ2) is 5.61. The summed E-state index contributed by atoms with van der Waals surface area (Å²) in [4.78, 5) is 0. The van der Waals surface area contributed by atoms with E-state index in [2.05, 4.69) is 70.4 Å². The zero-order valence-corrected chi connectivity index (χ0v) is 13.0. The number of hydrogen-bond acceptors (Lipinski definition) is 2. The quantitative estimate of drug-likeness (QED) is 0.839. The summed E-state index contributed by atoms with van der Waals surface area (Å²) < 4.78 is 6.75. The molecule has 2 aromatic carbocycles. The molecule has 1 unspecified atom stereocenters. The molecule has 19 heavy (non-hydrogen) atoms. The molecule has 1 aliphatic heterocycles. The topological polar surface area (TPSA) is 21.3 Å². The van der Waals surface area contributed by atoms with E-state index < -0.39 is 0 Å². The monoisotopic (exact) mass is 365 g/mol. The van der Waals surface area contributed by atoms with E-state index in [1.807, 2.05) is 7.05 Å². The minimum absolute atomic E-state index is 0.239. The summed E-state index contributed by atoms with van der Waals surface area (Å²) in [5.74, 6) is 0. The lowest BCUT2D eigenvalue weighted by atomic mass is 9.96. The zero-order valence-electron chi connectivity index (χ0n) is 10.8. The van der Waals surface area contributed by atoms with Crippen molar-refractivity contribution in [2.45, 2.75) is 19.3 Å². The number of fused-ring (bicyclic) bond motifs is 1. The van der Waals surface area contributed by atoms with Crippen molar-refractivity contribution < 1.29 is 4.74 Å². The predicted molar refractivity (Wildman–Crippen MR) is 85.0 cm³/mol. The van der Waals surface area contributed by atoms with Crippen LogP contribution >= 0.6 is 22.6 Å². The van der Waals surface area contributed by atoms with Gasteiger partial charge in [-0.1, -0.05) is 30.3 Å². The van der Waals surface area contributed by atoms with Crippen LogP contribution in [0, 0.1) is 3.57 Å². The highest BCUT2D eigenvalue weighted by Crippen LogP contribution is 2.27. The van der Waals surface area contributed by atoms with E-state index in [1.165, 1.54) is 25.8 Å². The van der Waals surface area contributed by atoms with Gasteiger partial charge in [0.25, 0.3) is 0 Å². The van der Waals surface area contributed by atoms with Crippen LogP contribution in [0.2, 0.25) is 0 Å². The molecule has 0 aromatic heterocycles. The van der Waals surface area contributed by atoms with Gasteiger partial charge in [-0.15, -0.1) is 0 Å². The first kappa shape index (κ1) is 13.1. The van der Waals surface area contributed by atoms with Crippen molar-refractivity contribution in [3.8, 4) is 0 Å². The van der Waals surface area contributed by atoms with Gasteiger partial charge in [-0.05, 0) is 64.0 Å². The van der Waals surface area contributed by atoms with E-state index in [9.17, 15) is 0 Å². The molecule has 0 spiro atoms. The molecule has 0 fully saturated rings. The Balaban J connectivity index is 1.96. The third-order valence-corrected chi connectivity index (χ3v) is 4.29. The Hall–Kier alpha value is -0.910. The summed E-state index contributed by atoms with van der Waals surface area (Å²) in [6.07, 6.45) is 0. The molecular formula is C16H16INO. The Kier molecular flexibility index (Phi) is 3.86. The second-order valence-electron chi connectivity index (χ2n) is 4.79. The minimum Gasteiger partial charge on any atom is -0.372 e. The average Bonchev–Trinajstić information content (AvgIpc) is 2.89. The molecule has 0 amide bonds. The van der Waals surface area contributed by atoms with Crippen LogP contribution < -0.4 is 5.32 Å². The van der Waals surface area contributed by atoms with Crippen LogP contribution in [0.15, 0.2) is 42.5 Å². The molecule has 0 bridgehead atoms. The molecule has 1 atom stereocenters. The maximum absolute atomic E-state index is 5.48. The average molecular weight is 365 g/mol. The molecule has 0 saturated heterocycles. The first-order chi connectivity index (χ1) is 9.28. The van der Waals surface area contributed by atoms with Crippen LogP contribution in [0.5, 0.6) is 0 Å². The number of nitrogens with one attached hydrogen (secondary N) is 1. The van der Waals surface area contributed by atoms with Crippen LogP contribution in [-0.2, 0) is 18.0 Å². The molecule has 98 valence electrons. The highest BCUT2D eigenvalue weighted by molar-refractivity contribution is 14.1. The number of benzene rings is 2. The zero-order chi connectivity index (χ0) is 13.2. The summed E-state index contributed by atoms with van der Waals surface area (Å²) in [6.45, 7) is 1.50. The molecule has 2 aromatic rings. The molecule has 0 saturated carbocycles. The van der Waals surface area contributed by atoms with E-state index in [-0.39, 0.29) is 6.04 Å². The summed E-state index contributed by atoms with van der Waals surface area (Å²) >= 11 is 2.33. The van der Waals surface area contributed by atoms with Crippen molar-refractivity contribution >= 4 is 22.6 Å². The number of rotatable bonds is 3. The summed E-state index contributed by atoms with van der Waals surface area (Å²) in [7, 11) is 2.01. The fourth-order valence-electron chi connectivity index (χ4n) is 2.55. The largest absolute Gasteiger partial charge is 0.372 e. The van der Waals surface area contributed by atoms with Gasteiger partial charge >= 0.3 is 0 Å². The van der Waals surface area contributed by atoms with Crippen molar-refractivity contribution in [1.82, 2.24) is 5.32 Å². The Labute approximate surface area is 127 Å². The molecule has 0 radical (unpaired) electrons. The van der Waals surface area contributed by atoms with Crippen LogP contribution in [0.4, 0.5) is 0 Å². The van der Waals surface area contributed by atoms with E-state index in [0.717, 1.165) is 13.2 Å². The van der Waals surface area contributed by atoms with Crippen molar-refractivity contribution in [1.29, 1.82) is 0 Å². The van der Waals surface area contributed by atoms with Gasteiger partial charge in [0.05, 0.1) is 19.3 Å². The lowest BCUT2D eigenvalue weighted by Crippen LogP contribution is -2.17. The Bertz CT molecular complexity index is 580. The molecule has 1 N–H and O–H groups in total. The molecule has 1 aliphatic rings. The van der Waals surface area contributed by atoms with Crippen LogP contribution in [0.1, 0.15) is 28.3 Å². The fraction of sp³-hybridized carbons (Fsp3) is 0.250. The molecular weight excluding hydrogens is 349 g/mol. The standard InChI is InChI=1S/C16H16INO/c1-18-16(11-4-6-15(17)7-5-11)12-2-3-13-9-19-10-14(13)8-12/h2-8,16,18H,9-10H2,1H3. The van der Waals surface area contributed by atoms with Gasteiger partial charge in [-0.2, -0.15) is 0 Å². The lowest BCUT2D eigenvalue weighted by molar-refractivity contribution is 0.134. The highest BCUT2D eigenvalue weighted by atomic mass is 127. The van der Waals surface area contributed by atoms with Gasteiger partial charge < -0.3 is 10.1 Å². The fourth-order valence-corrected chi connectivity index (χ4v) is 2.91. The highest BCUT2D eigenvalue weighted by Gasteiger charge is 2.16. The summed E-state index contributed by atoms with van der Waals surface area (Å²) in [5.41, 5.74) is 5.24. The SMILES string of the molecule is CNC(c1ccc(I)cc1)c1ccc2c(c1)COC2. The Morgan fingerprint density at radius 3 is 2.42 bits per heavy atom. The maximum atomic E-state index is 5.48. The molecule has 3 heteroatoms. The minimum atomic E-state index is 0.239. The van der Waals surface area contributed by atoms with Gasteiger partial charge in [0.2, 0.25) is 0 Å². The van der Waals surface area contributed by atoms with Gasteiger partial charge in [0.15, 0.2) is 0 Å². The van der Waals surface area contributed by atoms with Gasteiger partial charge in [-0.25, -0.2) is 0 Å². The molecule has 2 nitrogen and oxygen atoms in total. The number of hydrogen-bond donors (Lipinski definition) is 1. The van der Waals surface area contributed by atoms with E-state index in [4.69, 9.17) is 4.74 Å². The first-order valence-corrected chi connectivity index (χ1v) is 7.48. The van der Waals surface area contributed by atoms with E-state index >= 15 is 0 Å². The first-order valence-electron chi connectivity index (χ1n) is 6.40. The van der Waals surface area contributed by atoms with Gasteiger partial charge in [0.1, 0.15) is 0 Å². The van der Waals surface area contributed by atoms with Crippen molar-refractivity contribution in [2.75, 3.05) is 7.05 Å². The van der Waals surface area contributed by atoms with Crippen LogP contribution in [0.3, 0.4) is 0 Å². The lowest BCUT2D eigenvalue weighted by Gasteiger charge is -2.18. The Morgan fingerprint density at radius 1 is 1.00 bits per heavy atom. The molecule has 1 heterocycles. The smallest absolute Gasteiger partial charge is 0.0725 e.